The molecule has 0 bridgehead atoms. The summed E-state index contributed by atoms with van der Waals surface area (Å²) in [5, 5.41) is 14.8. The van der Waals surface area contributed by atoms with Crippen LogP contribution in [0.3, 0.4) is 0 Å². The van der Waals surface area contributed by atoms with Crippen molar-refractivity contribution in [1.82, 2.24) is 10.6 Å². The summed E-state index contributed by atoms with van der Waals surface area (Å²) in [6.45, 7) is 3.94. The van der Waals surface area contributed by atoms with E-state index in [-0.39, 0.29) is 30.3 Å². The average Bonchev–Trinajstić information content (AvgIpc) is 3.12. The molecule has 4 rings (SSSR count). The van der Waals surface area contributed by atoms with Gasteiger partial charge in [-0.3, -0.25) is 9.59 Å². The molecular weight excluding hydrogens is 432 g/mol. The van der Waals surface area contributed by atoms with Gasteiger partial charge in [0, 0.05) is 12.5 Å². The molecule has 3 N–H and O–H groups in total. The molecule has 0 aromatic heterocycles. The van der Waals surface area contributed by atoms with Crippen LogP contribution in [-0.4, -0.2) is 41.8 Å². The van der Waals surface area contributed by atoms with Crippen LogP contribution >= 0.6 is 0 Å². The summed E-state index contributed by atoms with van der Waals surface area (Å²) < 4.78 is 5.61. The fourth-order valence-electron chi connectivity index (χ4n) is 5.04. The van der Waals surface area contributed by atoms with Crippen LogP contribution in [0.15, 0.2) is 48.5 Å². The number of fused-ring (bicyclic) bond motifs is 3. The van der Waals surface area contributed by atoms with Crippen molar-refractivity contribution in [1.29, 1.82) is 0 Å². The Morgan fingerprint density at radius 3 is 2.15 bits per heavy atom. The van der Waals surface area contributed by atoms with Crippen LogP contribution in [0.25, 0.3) is 11.1 Å². The molecule has 1 atom stereocenters. The molecule has 1 saturated carbocycles. The molecule has 1 fully saturated rings. The van der Waals surface area contributed by atoms with Crippen LogP contribution in [0, 0.1) is 5.41 Å². The number of benzene rings is 2. The van der Waals surface area contributed by atoms with Crippen LogP contribution in [0.2, 0.25) is 0 Å². The molecule has 1 unspecified atom stereocenters. The number of carbonyl (C=O) groups is 3. The lowest BCUT2D eigenvalue weighted by molar-refractivity contribution is -0.142. The van der Waals surface area contributed by atoms with Crippen molar-refractivity contribution >= 4 is 18.0 Å². The van der Waals surface area contributed by atoms with Gasteiger partial charge in [0.25, 0.3) is 0 Å². The summed E-state index contributed by atoms with van der Waals surface area (Å²) in [6, 6.07) is 16.2. The standard InChI is InChI=1S/C27H32N2O5/c1-3-26(2,24(32)28-17-27(13-8-14-27)15-23(30)31)29-25(33)34-16-22-20-11-6-4-9-18(20)19-10-5-7-12-21(19)22/h4-7,9-12,22H,3,8,13-17H2,1-2H3,(H,28,32)(H,29,33)(H,30,31). The van der Waals surface area contributed by atoms with Crippen molar-refractivity contribution in [3.05, 3.63) is 59.7 Å². The molecule has 0 radical (unpaired) electrons. The summed E-state index contributed by atoms with van der Waals surface area (Å²) in [7, 11) is 0. The molecule has 0 aliphatic heterocycles. The first-order valence-corrected chi connectivity index (χ1v) is 11.9. The van der Waals surface area contributed by atoms with E-state index >= 15 is 0 Å². The number of carbonyl (C=O) groups excluding carboxylic acids is 2. The Labute approximate surface area is 199 Å². The molecule has 7 heteroatoms. The maximum absolute atomic E-state index is 13.0. The molecule has 7 nitrogen and oxygen atoms in total. The molecule has 2 amide bonds. The zero-order valence-electron chi connectivity index (χ0n) is 19.7. The number of carboxylic acid groups (broad SMARTS) is 1. The van der Waals surface area contributed by atoms with Gasteiger partial charge in [-0.2, -0.15) is 0 Å². The third-order valence-electron chi connectivity index (χ3n) is 7.49. The minimum absolute atomic E-state index is 0.0376. The van der Waals surface area contributed by atoms with Gasteiger partial charge in [-0.05, 0) is 53.9 Å². The third kappa shape index (κ3) is 4.65. The normalized spacial score (nSPS) is 17.5. The quantitative estimate of drug-likeness (QED) is 0.508. The highest BCUT2D eigenvalue weighted by Gasteiger charge is 2.41. The van der Waals surface area contributed by atoms with E-state index in [9.17, 15) is 19.5 Å². The van der Waals surface area contributed by atoms with E-state index in [1.807, 2.05) is 31.2 Å². The lowest BCUT2D eigenvalue weighted by Crippen LogP contribution is -2.58. The van der Waals surface area contributed by atoms with Gasteiger partial charge >= 0.3 is 12.1 Å². The van der Waals surface area contributed by atoms with E-state index < -0.39 is 17.6 Å². The Kier molecular flexibility index (Phi) is 6.64. The van der Waals surface area contributed by atoms with Crippen molar-refractivity contribution in [2.24, 2.45) is 5.41 Å². The number of hydrogen-bond donors (Lipinski definition) is 3. The molecule has 2 aliphatic rings. The third-order valence-corrected chi connectivity index (χ3v) is 7.49. The molecule has 0 saturated heterocycles. The number of alkyl carbamates (subject to hydrolysis) is 1. The molecule has 180 valence electrons. The van der Waals surface area contributed by atoms with E-state index in [2.05, 4.69) is 34.9 Å². The Hall–Kier alpha value is -3.35. The summed E-state index contributed by atoms with van der Waals surface area (Å²) in [5.74, 6) is -1.25. The number of carboxylic acids is 1. The number of nitrogens with one attached hydrogen (secondary N) is 2. The number of ether oxygens (including phenoxy) is 1. The second-order valence-corrected chi connectivity index (χ2v) is 9.74. The lowest BCUT2D eigenvalue weighted by atomic mass is 9.66. The summed E-state index contributed by atoms with van der Waals surface area (Å²) in [5.41, 5.74) is 3.00. The van der Waals surface area contributed by atoms with Gasteiger partial charge in [-0.15, -0.1) is 0 Å². The predicted molar refractivity (Wildman–Crippen MR) is 128 cm³/mol. The monoisotopic (exact) mass is 464 g/mol. The van der Waals surface area contributed by atoms with Crippen LogP contribution in [-0.2, 0) is 14.3 Å². The topological polar surface area (TPSA) is 105 Å². The van der Waals surface area contributed by atoms with Gasteiger partial charge in [0.05, 0.1) is 6.42 Å². The highest BCUT2D eigenvalue weighted by atomic mass is 16.5. The number of amides is 2. The molecule has 2 aromatic rings. The minimum atomic E-state index is -1.16. The minimum Gasteiger partial charge on any atom is -0.481 e. The predicted octanol–water partition coefficient (Wildman–Crippen LogP) is 4.46. The smallest absolute Gasteiger partial charge is 0.408 e. The average molecular weight is 465 g/mol. The zero-order valence-corrected chi connectivity index (χ0v) is 19.7. The highest BCUT2D eigenvalue weighted by molar-refractivity contribution is 5.89. The molecular formula is C27H32N2O5. The van der Waals surface area contributed by atoms with Crippen molar-refractivity contribution in [2.75, 3.05) is 13.2 Å². The van der Waals surface area contributed by atoms with E-state index in [1.165, 1.54) is 0 Å². The maximum Gasteiger partial charge on any atom is 0.408 e. The first kappa shape index (κ1) is 23.8. The Morgan fingerprint density at radius 1 is 1.06 bits per heavy atom. The van der Waals surface area contributed by atoms with E-state index in [1.54, 1.807) is 6.92 Å². The summed E-state index contributed by atoms with van der Waals surface area (Å²) in [6.07, 6.45) is 2.28. The first-order valence-electron chi connectivity index (χ1n) is 11.9. The van der Waals surface area contributed by atoms with Gasteiger partial charge in [-0.1, -0.05) is 61.9 Å². The fraction of sp³-hybridized carbons (Fsp3) is 0.444. The van der Waals surface area contributed by atoms with Gasteiger partial charge < -0.3 is 20.5 Å². The van der Waals surface area contributed by atoms with E-state index in [0.29, 0.717) is 13.0 Å². The Balaban J connectivity index is 1.37. The summed E-state index contributed by atoms with van der Waals surface area (Å²) >= 11 is 0. The second kappa shape index (κ2) is 9.49. The van der Waals surface area contributed by atoms with Crippen LogP contribution in [0.1, 0.15) is 63.0 Å². The summed E-state index contributed by atoms with van der Waals surface area (Å²) in [4.78, 5) is 36.9. The van der Waals surface area contributed by atoms with Gasteiger partial charge in [-0.25, -0.2) is 4.79 Å². The number of aliphatic carboxylic acids is 1. The van der Waals surface area contributed by atoms with E-state index in [0.717, 1.165) is 41.5 Å². The van der Waals surface area contributed by atoms with Crippen molar-refractivity contribution in [3.8, 4) is 11.1 Å². The van der Waals surface area contributed by atoms with Crippen LogP contribution < -0.4 is 10.6 Å². The van der Waals surface area contributed by atoms with Gasteiger partial charge in [0.1, 0.15) is 12.1 Å². The van der Waals surface area contributed by atoms with Crippen molar-refractivity contribution in [3.63, 3.8) is 0 Å². The molecule has 0 spiro atoms. The molecule has 2 aliphatic carbocycles. The van der Waals surface area contributed by atoms with E-state index in [4.69, 9.17) is 4.74 Å². The van der Waals surface area contributed by atoms with Crippen LogP contribution in [0.4, 0.5) is 4.79 Å². The first-order chi connectivity index (χ1) is 16.3. The SMILES string of the molecule is CCC(C)(NC(=O)OCC1c2ccccc2-c2ccccc21)C(=O)NCC1(CC(=O)O)CCC1. The van der Waals surface area contributed by atoms with Gasteiger partial charge in [0.2, 0.25) is 5.91 Å². The number of hydrogen-bond acceptors (Lipinski definition) is 4. The lowest BCUT2D eigenvalue weighted by Gasteiger charge is -2.41. The molecule has 34 heavy (non-hydrogen) atoms. The number of rotatable bonds is 9. The van der Waals surface area contributed by atoms with Crippen molar-refractivity contribution < 1.29 is 24.2 Å². The Bertz CT molecular complexity index is 1050. The maximum atomic E-state index is 13.0. The van der Waals surface area contributed by atoms with Crippen molar-refractivity contribution in [2.45, 2.75) is 57.4 Å². The second-order valence-electron chi connectivity index (χ2n) is 9.74. The fourth-order valence-corrected chi connectivity index (χ4v) is 5.04. The Morgan fingerprint density at radius 2 is 1.65 bits per heavy atom. The molecule has 2 aromatic carbocycles. The van der Waals surface area contributed by atoms with Gasteiger partial charge in [0.15, 0.2) is 0 Å². The largest absolute Gasteiger partial charge is 0.481 e. The highest BCUT2D eigenvalue weighted by Crippen LogP contribution is 2.45. The molecule has 0 heterocycles. The zero-order chi connectivity index (χ0) is 24.3. The van der Waals surface area contributed by atoms with Crippen LogP contribution in [0.5, 0.6) is 0 Å².